The van der Waals surface area contributed by atoms with Crippen LogP contribution in [0.1, 0.15) is 48.4 Å². The van der Waals surface area contributed by atoms with Gasteiger partial charge in [-0.25, -0.2) is 0 Å². The maximum absolute atomic E-state index is 9.54. The molecular weight excluding hydrogens is 274 g/mol. The summed E-state index contributed by atoms with van der Waals surface area (Å²) in [6, 6.07) is 2.60. The number of aliphatic hydroxyl groups is 1. The molecule has 1 saturated heterocycles. The van der Waals surface area contributed by atoms with Crippen molar-refractivity contribution in [3.63, 3.8) is 0 Å². The van der Waals surface area contributed by atoms with Crippen molar-refractivity contribution in [2.45, 2.75) is 65.0 Å². The number of nitrogens with zero attached hydrogens (tertiary/aromatic N) is 1. The molecule has 0 saturated carbocycles. The fourth-order valence-electron chi connectivity index (χ4n) is 4.09. The Morgan fingerprint density at radius 2 is 2.09 bits per heavy atom. The standard InChI is InChI=1S/C19H29NO2/c1-13-10-14(2)17-7-8-19(4,22-18(17)15(13)3)12-20-9-5-6-16(20)11-21/h10,16,21H,5-9,11-12H2,1-4H3/t16-,19?/m0/s1. The molecule has 1 fully saturated rings. The highest BCUT2D eigenvalue weighted by atomic mass is 16.5. The molecule has 2 heterocycles. The number of ether oxygens (including phenoxy) is 1. The first-order valence-corrected chi connectivity index (χ1v) is 8.57. The molecule has 122 valence electrons. The van der Waals surface area contributed by atoms with Crippen molar-refractivity contribution in [2.24, 2.45) is 0 Å². The number of aryl methyl sites for hydroxylation is 2. The second kappa shape index (κ2) is 5.86. The quantitative estimate of drug-likeness (QED) is 0.931. The van der Waals surface area contributed by atoms with Gasteiger partial charge in [0.25, 0.3) is 0 Å². The monoisotopic (exact) mass is 303 g/mol. The van der Waals surface area contributed by atoms with Crippen molar-refractivity contribution in [3.05, 3.63) is 28.3 Å². The van der Waals surface area contributed by atoms with E-state index in [-0.39, 0.29) is 12.2 Å². The van der Waals surface area contributed by atoms with Gasteiger partial charge in [-0.3, -0.25) is 4.90 Å². The molecule has 1 aromatic carbocycles. The second-order valence-corrected chi connectivity index (χ2v) is 7.44. The summed E-state index contributed by atoms with van der Waals surface area (Å²) >= 11 is 0. The van der Waals surface area contributed by atoms with Crippen LogP contribution in [-0.2, 0) is 6.42 Å². The first kappa shape index (κ1) is 15.8. The summed E-state index contributed by atoms with van der Waals surface area (Å²) < 4.78 is 6.54. The molecule has 3 rings (SSSR count). The number of fused-ring (bicyclic) bond motifs is 1. The largest absolute Gasteiger partial charge is 0.486 e. The Bertz CT molecular complexity index is 569. The predicted octanol–water partition coefficient (Wildman–Crippen LogP) is 3.15. The minimum Gasteiger partial charge on any atom is -0.486 e. The molecule has 1 unspecified atom stereocenters. The lowest BCUT2D eigenvalue weighted by Gasteiger charge is -2.41. The first-order chi connectivity index (χ1) is 10.4. The molecule has 3 heteroatoms. The van der Waals surface area contributed by atoms with Crippen molar-refractivity contribution < 1.29 is 9.84 Å². The summed E-state index contributed by atoms with van der Waals surface area (Å²) in [7, 11) is 0. The average Bonchev–Trinajstić information content (AvgIpc) is 2.91. The zero-order valence-corrected chi connectivity index (χ0v) is 14.4. The van der Waals surface area contributed by atoms with E-state index < -0.39 is 0 Å². The molecule has 0 bridgehead atoms. The highest BCUT2D eigenvalue weighted by Gasteiger charge is 2.37. The van der Waals surface area contributed by atoms with Gasteiger partial charge in [-0.15, -0.1) is 0 Å². The Labute approximate surface area is 134 Å². The number of hydrogen-bond acceptors (Lipinski definition) is 3. The lowest BCUT2D eigenvalue weighted by Crippen LogP contribution is -2.49. The molecular formula is C19H29NO2. The highest BCUT2D eigenvalue weighted by molar-refractivity contribution is 5.51. The van der Waals surface area contributed by atoms with Gasteiger partial charge in [0.15, 0.2) is 0 Å². The Hall–Kier alpha value is -1.06. The number of rotatable bonds is 3. The van der Waals surface area contributed by atoms with Crippen molar-refractivity contribution in [2.75, 3.05) is 19.7 Å². The van der Waals surface area contributed by atoms with E-state index in [0.717, 1.165) is 38.1 Å². The van der Waals surface area contributed by atoms with Crippen LogP contribution in [0.15, 0.2) is 6.07 Å². The van der Waals surface area contributed by atoms with E-state index in [9.17, 15) is 5.11 Å². The lowest BCUT2D eigenvalue weighted by molar-refractivity contribution is 0.0132. The molecule has 0 aromatic heterocycles. The molecule has 0 spiro atoms. The summed E-state index contributed by atoms with van der Waals surface area (Å²) in [5.74, 6) is 1.12. The number of hydrogen-bond donors (Lipinski definition) is 1. The van der Waals surface area contributed by atoms with E-state index >= 15 is 0 Å². The van der Waals surface area contributed by atoms with Crippen LogP contribution < -0.4 is 4.74 Å². The van der Waals surface area contributed by atoms with Crippen LogP contribution in [0, 0.1) is 20.8 Å². The fourth-order valence-corrected chi connectivity index (χ4v) is 4.09. The molecule has 3 nitrogen and oxygen atoms in total. The average molecular weight is 303 g/mol. The second-order valence-electron chi connectivity index (χ2n) is 7.44. The van der Waals surface area contributed by atoms with Crippen LogP contribution in [0.5, 0.6) is 5.75 Å². The van der Waals surface area contributed by atoms with E-state index in [1.165, 1.54) is 28.7 Å². The van der Waals surface area contributed by atoms with Crippen LogP contribution in [0.3, 0.4) is 0 Å². The zero-order valence-electron chi connectivity index (χ0n) is 14.4. The summed E-state index contributed by atoms with van der Waals surface area (Å²) in [5.41, 5.74) is 5.20. The van der Waals surface area contributed by atoms with E-state index in [1.807, 2.05) is 0 Å². The summed E-state index contributed by atoms with van der Waals surface area (Å²) in [4.78, 5) is 2.42. The van der Waals surface area contributed by atoms with Gasteiger partial charge < -0.3 is 9.84 Å². The van der Waals surface area contributed by atoms with Gasteiger partial charge in [-0.1, -0.05) is 6.07 Å². The van der Waals surface area contributed by atoms with Crippen LogP contribution in [0.25, 0.3) is 0 Å². The van der Waals surface area contributed by atoms with E-state index in [1.54, 1.807) is 0 Å². The normalized spacial score (nSPS) is 28.5. The van der Waals surface area contributed by atoms with Crippen molar-refractivity contribution in [3.8, 4) is 5.75 Å². The lowest BCUT2D eigenvalue weighted by atomic mass is 9.87. The minimum atomic E-state index is -0.143. The molecule has 0 aliphatic carbocycles. The molecule has 2 atom stereocenters. The molecule has 1 N–H and O–H groups in total. The molecule has 0 radical (unpaired) electrons. The molecule has 2 aliphatic rings. The van der Waals surface area contributed by atoms with Gasteiger partial charge >= 0.3 is 0 Å². The maximum atomic E-state index is 9.54. The first-order valence-electron chi connectivity index (χ1n) is 8.57. The Kier molecular flexibility index (Phi) is 4.21. The highest BCUT2D eigenvalue weighted by Crippen LogP contribution is 2.39. The molecule has 1 aromatic rings. The van der Waals surface area contributed by atoms with E-state index in [2.05, 4.69) is 38.7 Å². The van der Waals surface area contributed by atoms with Gasteiger partial charge in [0.1, 0.15) is 11.4 Å². The van der Waals surface area contributed by atoms with Crippen molar-refractivity contribution in [1.29, 1.82) is 0 Å². The van der Waals surface area contributed by atoms with Crippen molar-refractivity contribution in [1.82, 2.24) is 4.90 Å². The predicted molar refractivity (Wildman–Crippen MR) is 89.7 cm³/mol. The SMILES string of the molecule is Cc1cc(C)c2c(c1C)OC(C)(CN1CCC[C@H]1CO)CC2. The van der Waals surface area contributed by atoms with E-state index in [4.69, 9.17) is 4.74 Å². The topological polar surface area (TPSA) is 32.7 Å². The third-order valence-corrected chi connectivity index (χ3v) is 5.61. The van der Waals surface area contributed by atoms with Crippen LogP contribution in [0.4, 0.5) is 0 Å². The van der Waals surface area contributed by atoms with Gasteiger partial charge in [-0.05, 0) is 82.2 Å². The summed E-state index contributed by atoms with van der Waals surface area (Å²) in [5, 5.41) is 9.54. The minimum absolute atomic E-state index is 0.143. The summed E-state index contributed by atoms with van der Waals surface area (Å²) in [6.07, 6.45) is 4.45. The van der Waals surface area contributed by atoms with Gasteiger partial charge in [0, 0.05) is 12.6 Å². The number of likely N-dealkylation sites (tertiary alicyclic amines) is 1. The van der Waals surface area contributed by atoms with Crippen LogP contribution >= 0.6 is 0 Å². The van der Waals surface area contributed by atoms with Crippen molar-refractivity contribution >= 4 is 0 Å². The Balaban J connectivity index is 1.83. The maximum Gasteiger partial charge on any atom is 0.126 e. The Morgan fingerprint density at radius 3 is 2.82 bits per heavy atom. The molecule has 22 heavy (non-hydrogen) atoms. The van der Waals surface area contributed by atoms with Gasteiger partial charge in [0.05, 0.1) is 6.61 Å². The van der Waals surface area contributed by atoms with Gasteiger partial charge in [-0.2, -0.15) is 0 Å². The number of benzene rings is 1. The fraction of sp³-hybridized carbons (Fsp3) is 0.684. The zero-order chi connectivity index (χ0) is 15.9. The van der Waals surface area contributed by atoms with E-state index in [0.29, 0.717) is 6.04 Å². The van der Waals surface area contributed by atoms with Crippen LogP contribution in [-0.4, -0.2) is 41.3 Å². The number of aliphatic hydroxyl groups excluding tert-OH is 1. The van der Waals surface area contributed by atoms with Gasteiger partial charge in [0.2, 0.25) is 0 Å². The smallest absolute Gasteiger partial charge is 0.126 e. The molecule has 2 aliphatic heterocycles. The summed E-state index contributed by atoms with van der Waals surface area (Å²) in [6.45, 7) is 11.0. The van der Waals surface area contributed by atoms with Crippen LogP contribution in [0.2, 0.25) is 0 Å². The Morgan fingerprint density at radius 1 is 1.32 bits per heavy atom. The molecule has 0 amide bonds. The third kappa shape index (κ3) is 2.77. The third-order valence-electron chi connectivity index (χ3n) is 5.61.